The third kappa shape index (κ3) is 4.23. The number of hydrogen-bond donors (Lipinski definition) is 1. The Morgan fingerprint density at radius 1 is 1.14 bits per heavy atom. The molecule has 7 heteroatoms. The molecule has 0 radical (unpaired) electrons. The van der Waals surface area contributed by atoms with Gasteiger partial charge < -0.3 is 24.8 Å². The Kier molecular flexibility index (Phi) is 5.67. The van der Waals surface area contributed by atoms with Crippen LogP contribution in [0.25, 0.3) is 0 Å². The molecule has 1 atom stereocenters. The van der Waals surface area contributed by atoms with Gasteiger partial charge in [0.15, 0.2) is 0 Å². The van der Waals surface area contributed by atoms with Gasteiger partial charge in [0.1, 0.15) is 0 Å². The molecule has 2 fully saturated rings. The molecular formula is C14H26N4O3. The van der Waals surface area contributed by atoms with Crippen LogP contribution in [0.5, 0.6) is 0 Å². The molecule has 2 heterocycles. The summed E-state index contributed by atoms with van der Waals surface area (Å²) < 4.78 is 4.74. The van der Waals surface area contributed by atoms with Crippen LogP contribution in [0.4, 0.5) is 9.59 Å². The number of carbonyl (C=O) groups is 2. The van der Waals surface area contributed by atoms with Crippen molar-refractivity contribution in [1.82, 2.24) is 20.0 Å². The number of ether oxygens (including phenoxy) is 1. The van der Waals surface area contributed by atoms with Crippen molar-refractivity contribution in [2.24, 2.45) is 0 Å². The fraction of sp³-hybridized carbons (Fsp3) is 0.857. The van der Waals surface area contributed by atoms with Crippen molar-refractivity contribution < 1.29 is 14.3 Å². The average molecular weight is 298 g/mol. The fourth-order valence-corrected chi connectivity index (χ4v) is 2.92. The van der Waals surface area contributed by atoms with Gasteiger partial charge in [0.2, 0.25) is 0 Å². The summed E-state index contributed by atoms with van der Waals surface area (Å²) in [5, 5.41) is 3.05. The predicted molar refractivity (Wildman–Crippen MR) is 79.2 cm³/mol. The minimum Gasteiger partial charge on any atom is -0.453 e. The molecule has 0 aromatic heterocycles. The molecule has 7 nitrogen and oxygen atoms in total. The second-order valence-electron chi connectivity index (χ2n) is 5.63. The molecule has 120 valence electrons. The Bertz CT molecular complexity index is 369. The summed E-state index contributed by atoms with van der Waals surface area (Å²) >= 11 is 0. The van der Waals surface area contributed by atoms with E-state index >= 15 is 0 Å². The van der Waals surface area contributed by atoms with Gasteiger partial charge >= 0.3 is 12.1 Å². The van der Waals surface area contributed by atoms with Crippen molar-refractivity contribution in [1.29, 1.82) is 0 Å². The normalized spacial score (nSPS) is 23.8. The minimum absolute atomic E-state index is 0.0116. The highest BCUT2D eigenvalue weighted by Gasteiger charge is 2.27. The van der Waals surface area contributed by atoms with E-state index in [0.717, 1.165) is 45.6 Å². The number of likely N-dealkylation sites (N-methyl/N-ethyl adjacent to an activating group) is 1. The van der Waals surface area contributed by atoms with E-state index in [-0.39, 0.29) is 18.2 Å². The van der Waals surface area contributed by atoms with Crippen LogP contribution in [-0.4, -0.2) is 85.8 Å². The lowest BCUT2D eigenvalue weighted by molar-refractivity contribution is 0.104. The number of methoxy groups -OCH3 is 1. The van der Waals surface area contributed by atoms with Crippen molar-refractivity contribution in [3.63, 3.8) is 0 Å². The standard InChI is InChI=1S/C14H26N4O3/c1-3-16-7-9-17(10-8-16)13(19)15-12-5-4-6-18(11-12)14(20)21-2/h12H,3-11H2,1-2H3,(H,15,19). The summed E-state index contributed by atoms with van der Waals surface area (Å²) in [6.45, 7) is 7.82. The van der Waals surface area contributed by atoms with Crippen molar-refractivity contribution in [2.75, 3.05) is 52.9 Å². The van der Waals surface area contributed by atoms with Gasteiger partial charge in [-0.25, -0.2) is 9.59 Å². The molecule has 0 aliphatic carbocycles. The Balaban J connectivity index is 1.78. The number of amides is 3. The van der Waals surface area contributed by atoms with Gasteiger partial charge in [0, 0.05) is 45.3 Å². The number of hydrogen-bond acceptors (Lipinski definition) is 4. The predicted octanol–water partition coefficient (Wildman–Crippen LogP) is 0.564. The lowest BCUT2D eigenvalue weighted by Crippen LogP contribution is -2.56. The summed E-state index contributed by atoms with van der Waals surface area (Å²) in [4.78, 5) is 29.7. The summed E-state index contributed by atoms with van der Waals surface area (Å²) in [5.41, 5.74) is 0. The fourth-order valence-electron chi connectivity index (χ4n) is 2.92. The van der Waals surface area contributed by atoms with E-state index in [9.17, 15) is 9.59 Å². The second-order valence-corrected chi connectivity index (χ2v) is 5.63. The van der Waals surface area contributed by atoms with E-state index in [1.54, 1.807) is 4.90 Å². The molecule has 2 rings (SSSR count). The number of piperazine rings is 1. The van der Waals surface area contributed by atoms with Crippen LogP contribution in [0.15, 0.2) is 0 Å². The first-order valence-corrected chi connectivity index (χ1v) is 7.74. The molecular weight excluding hydrogens is 272 g/mol. The van der Waals surface area contributed by atoms with Gasteiger partial charge in [0.05, 0.1) is 7.11 Å². The van der Waals surface area contributed by atoms with Crippen LogP contribution >= 0.6 is 0 Å². The maximum atomic E-state index is 12.3. The molecule has 0 aromatic rings. The highest BCUT2D eigenvalue weighted by molar-refractivity contribution is 5.75. The van der Waals surface area contributed by atoms with Gasteiger partial charge in [-0.2, -0.15) is 0 Å². The minimum atomic E-state index is -0.314. The third-order valence-corrected chi connectivity index (χ3v) is 4.29. The monoisotopic (exact) mass is 298 g/mol. The van der Waals surface area contributed by atoms with E-state index < -0.39 is 0 Å². The number of rotatable bonds is 2. The molecule has 3 amide bonds. The Morgan fingerprint density at radius 2 is 1.86 bits per heavy atom. The third-order valence-electron chi connectivity index (χ3n) is 4.29. The van der Waals surface area contributed by atoms with Crippen molar-refractivity contribution in [3.05, 3.63) is 0 Å². The van der Waals surface area contributed by atoms with E-state index in [0.29, 0.717) is 13.1 Å². The number of nitrogens with one attached hydrogen (secondary N) is 1. The van der Waals surface area contributed by atoms with E-state index in [4.69, 9.17) is 4.74 Å². The van der Waals surface area contributed by atoms with Crippen LogP contribution in [0.2, 0.25) is 0 Å². The maximum absolute atomic E-state index is 12.3. The molecule has 1 unspecified atom stereocenters. The number of carbonyl (C=O) groups excluding carboxylic acids is 2. The molecule has 0 saturated carbocycles. The van der Waals surface area contributed by atoms with Gasteiger partial charge in [-0.15, -0.1) is 0 Å². The van der Waals surface area contributed by atoms with E-state index in [2.05, 4.69) is 17.1 Å². The molecule has 0 aromatic carbocycles. The Hall–Kier alpha value is -1.50. The number of nitrogens with zero attached hydrogens (tertiary/aromatic N) is 3. The van der Waals surface area contributed by atoms with E-state index in [1.807, 2.05) is 4.90 Å². The van der Waals surface area contributed by atoms with Gasteiger partial charge in [-0.3, -0.25) is 0 Å². The lowest BCUT2D eigenvalue weighted by Gasteiger charge is -2.37. The van der Waals surface area contributed by atoms with Crippen LogP contribution in [0.1, 0.15) is 19.8 Å². The maximum Gasteiger partial charge on any atom is 0.409 e. The molecule has 0 bridgehead atoms. The summed E-state index contributed by atoms with van der Waals surface area (Å²) in [5.74, 6) is 0. The SMILES string of the molecule is CCN1CCN(C(=O)NC2CCCN(C(=O)OC)C2)CC1. The summed E-state index contributed by atoms with van der Waals surface area (Å²) in [7, 11) is 1.39. The summed E-state index contributed by atoms with van der Waals surface area (Å²) in [6.07, 6.45) is 1.49. The molecule has 2 saturated heterocycles. The van der Waals surface area contributed by atoms with Crippen molar-refractivity contribution in [3.8, 4) is 0 Å². The number of piperidine rings is 1. The van der Waals surface area contributed by atoms with Gasteiger partial charge in [-0.05, 0) is 19.4 Å². The van der Waals surface area contributed by atoms with Gasteiger partial charge in [0.25, 0.3) is 0 Å². The first-order valence-electron chi connectivity index (χ1n) is 7.74. The topological polar surface area (TPSA) is 65.1 Å². The zero-order valence-corrected chi connectivity index (χ0v) is 13.0. The first kappa shape index (κ1) is 15.9. The molecule has 2 aliphatic heterocycles. The van der Waals surface area contributed by atoms with Crippen LogP contribution < -0.4 is 5.32 Å². The highest BCUT2D eigenvalue weighted by atomic mass is 16.5. The quantitative estimate of drug-likeness (QED) is 0.809. The zero-order valence-electron chi connectivity index (χ0n) is 13.0. The van der Waals surface area contributed by atoms with Crippen LogP contribution in [0.3, 0.4) is 0 Å². The van der Waals surface area contributed by atoms with Crippen molar-refractivity contribution >= 4 is 12.1 Å². The Labute approximate surface area is 126 Å². The Morgan fingerprint density at radius 3 is 2.48 bits per heavy atom. The van der Waals surface area contributed by atoms with Crippen LogP contribution in [0, 0.1) is 0 Å². The second kappa shape index (κ2) is 7.49. The number of likely N-dealkylation sites (tertiary alicyclic amines) is 1. The largest absolute Gasteiger partial charge is 0.453 e. The zero-order chi connectivity index (χ0) is 15.2. The molecule has 2 aliphatic rings. The average Bonchev–Trinajstić information content (AvgIpc) is 2.54. The molecule has 1 N–H and O–H groups in total. The lowest BCUT2D eigenvalue weighted by atomic mass is 10.1. The highest BCUT2D eigenvalue weighted by Crippen LogP contribution is 2.12. The first-order chi connectivity index (χ1) is 10.1. The van der Waals surface area contributed by atoms with Gasteiger partial charge in [-0.1, -0.05) is 6.92 Å². The van der Waals surface area contributed by atoms with E-state index in [1.165, 1.54) is 7.11 Å². The van der Waals surface area contributed by atoms with Crippen LogP contribution in [-0.2, 0) is 4.74 Å². The van der Waals surface area contributed by atoms with Crippen molar-refractivity contribution in [2.45, 2.75) is 25.8 Å². The molecule has 21 heavy (non-hydrogen) atoms. The summed E-state index contributed by atoms with van der Waals surface area (Å²) in [6, 6.07) is 0.0111. The smallest absolute Gasteiger partial charge is 0.409 e. The number of urea groups is 1. The molecule has 0 spiro atoms.